The highest BCUT2D eigenvalue weighted by atomic mass is 16.5. The van der Waals surface area contributed by atoms with Gasteiger partial charge in [-0.15, -0.1) is 0 Å². The molecule has 7 nitrogen and oxygen atoms in total. The van der Waals surface area contributed by atoms with E-state index in [1.54, 1.807) is 35.2 Å². The van der Waals surface area contributed by atoms with Gasteiger partial charge in [0, 0.05) is 17.3 Å². The van der Waals surface area contributed by atoms with Crippen molar-refractivity contribution in [3.05, 3.63) is 102 Å². The summed E-state index contributed by atoms with van der Waals surface area (Å²) in [6, 6.07) is 28.1. The Morgan fingerprint density at radius 2 is 1.72 bits per heavy atom. The van der Waals surface area contributed by atoms with Crippen LogP contribution in [-0.2, 0) is 4.79 Å². The van der Waals surface area contributed by atoms with Crippen molar-refractivity contribution in [3.63, 3.8) is 0 Å². The van der Waals surface area contributed by atoms with Gasteiger partial charge in [0.25, 0.3) is 5.91 Å². The first kappa shape index (κ1) is 20.6. The molecule has 0 unspecified atom stereocenters. The Morgan fingerprint density at radius 3 is 2.41 bits per heavy atom. The maximum atomic E-state index is 12.1. The molecule has 32 heavy (non-hydrogen) atoms. The van der Waals surface area contributed by atoms with Crippen molar-refractivity contribution in [2.45, 2.75) is 0 Å². The largest absolute Gasteiger partial charge is 0.484 e. The molecule has 3 aromatic carbocycles. The fourth-order valence-electron chi connectivity index (χ4n) is 3.00. The molecule has 0 aliphatic rings. The lowest BCUT2D eigenvalue weighted by Crippen LogP contribution is -2.24. The average Bonchev–Trinajstić information content (AvgIpc) is 3.28. The van der Waals surface area contributed by atoms with Gasteiger partial charge in [-0.2, -0.15) is 15.5 Å². The Kier molecular flexibility index (Phi) is 6.34. The summed E-state index contributed by atoms with van der Waals surface area (Å²) in [7, 11) is 0. The second-order valence-electron chi connectivity index (χ2n) is 6.80. The van der Waals surface area contributed by atoms with Gasteiger partial charge in [0.15, 0.2) is 6.61 Å². The number of nitrogens with one attached hydrogen (secondary N) is 1. The third-order valence-electron chi connectivity index (χ3n) is 4.56. The minimum Gasteiger partial charge on any atom is -0.484 e. The lowest BCUT2D eigenvalue weighted by atomic mass is 10.1. The monoisotopic (exact) mass is 421 g/mol. The van der Waals surface area contributed by atoms with Crippen LogP contribution in [0, 0.1) is 11.3 Å². The number of amides is 1. The van der Waals surface area contributed by atoms with Crippen molar-refractivity contribution in [3.8, 4) is 28.8 Å². The summed E-state index contributed by atoms with van der Waals surface area (Å²) in [5.74, 6) is 0.0981. The van der Waals surface area contributed by atoms with Crippen molar-refractivity contribution in [2.75, 3.05) is 6.61 Å². The number of aromatic nitrogens is 2. The molecular weight excluding hydrogens is 402 g/mol. The van der Waals surface area contributed by atoms with Gasteiger partial charge in [-0.1, -0.05) is 48.5 Å². The molecule has 4 rings (SSSR count). The summed E-state index contributed by atoms with van der Waals surface area (Å²) in [5, 5.41) is 17.6. The van der Waals surface area contributed by atoms with Crippen molar-refractivity contribution >= 4 is 12.1 Å². The second-order valence-corrected chi connectivity index (χ2v) is 6.80. The SMILES string of the molecule is N#Cc1ccc(OCC(=O)N/N=C/c2cn(-c3ccccc3)nc2-c2ccccc2)cc1. The van der Waals surface area contributed by atoms with Gasteiger partial charge >= 0.3 is 0 Å². The normalized spacial score (nSPS) is 10.6. The molecule has 0 atom stereocenters. The number of ether oxygens (including phenoxy) is 1. The van der Waals surface area contributed by atoms with E-state index < -0.39 is 5.91 Å². The molecule has 1 amide bonds. The van der Waals surface area contributed by atoms with Gasteiger partial charge in [-0.05, 0) is 36.4 Å². The highest BCUT2D eigenvalue weighted by Gasteiger charge is 2.11. The van der Waals surface area contributed by atoms with Crippen LogP contribution in [0.2, 0.25) is 0 Å². The van der Waals surface area contributed by atoms with E-state index >= 15 is 0 Å². The van der Waals surface area contributed by atoms with E-state index in [-0.39, 0.29) is 6.61 Å². The van der Waals surface area contributed by atoms with Crippen LogP contribution < -0.4 is 10.2 Å². The van der Waals surface area contributed by atoms with Crippen LogP contribution in [0.25, 0.3) is 16.9 Å². The van der Waals surface area contributed by atoms with E-state index in [4.69, 9.17) is 15.1 Å². The third-order valence-corrected chi connectivity index (χ3v) is 4.56. The van der Waals surface area contributed by atoms with E-state index in [1.807, 2.05) is 72.9 Å². The molecule has 0 fully saturated rings. The van der Waals surface area contributed by atoms with Gasteiger partial charge in [-0.25, -0.2) is 10.1 Å². The van der Waals surface area contributed by atoms with Crippen molar-refractivity contribution in [1.29, 1.82) is 5.26 Å². The number of hydrogen-bond acceptors (Lipinski definition) is 5. The number of carbonyl (C=O) groups is 1. The highest BCUT2D eigenvalue weighted by molar-refractivity contribution is 5.89. The molecule has 1 aromatic heterocycles. The molecule has 0 radical (unpaired) electrons. The molecule has 0 saturated heterocycles. The summed E-state index contributed by atoms with van der Waals surface area (Å²) in [6.07, 6.45) is 3.43. The van der Waals surface area contributed by atoms with E-state index in [1.165, 1.54) is 0 Å². The van der Waals surface area contributed by atoms with Crippen LogP contribution in [-0.4, -0.2) is 28.5 Å². The molecule has 0 aliphatic carbocycles. The second kappa shape index (κ2) is 9.87. The zero-order valence-electron chi connectivity index (χ0n) is 17.1. The summed E-state index contributed by atoms with van der Waals surface area (Å²) in [6.45, 7) is -0.196. The third kappa shape index (κ3) is 5.07. The Morgan fingerprint density at radius 1 is 1.03 bits per heavy atom. The van der Waals surface area contributed by atoms with Crippen LogP contribution in [0.1, 0.15) is 11.1 Å². The Labute approximate surface area is 185 Å². The molecule has 0 bridgehead atoms. The summed E-state index contributed by atoms with van der Waals surface area (Å²) in [5.41, 5.74) is 6.37. The number of benzene rings is 3. The smallest absolute Gasteiger partial charge is 0.277 e. The molecule has 0 saturated carbocycles. The minimum absolute atomic E-state index is 0.196. The molecule has 0 aliphatic heterocycles. The fourth-order valence-corrected chi connectivity index (χ4v) is 3.00. The van der Waals surface area contributed by atoms with E-state index in [0.717, 1.165) is 22.5 Å². The minimum atomic E-state index is -0.401. The summed E-state index contributed by atoms with van der Waals surface area (Å²) in [4.78, 5) is 12.1. The maximum absolute atomic E-state index is 12.1. The van der Waals surface area contributed by atoms with Crippen molar-refractivity contribution < 1.29 is 9.53 Å². The van der Waals surface area contributed by atoms with Gasteiger partial charge in [0.2, 0.25) is 0 Å². The maximum Gasteiger partial charge on any atom is 0.277 e. The van der Waals surface area contributed by atoms with E-state index in [9.17, 15) is 4.79 Å². The Hall–Kier alpha value is -4.70. The lowest BCUT2D eigenvalue weighted by Gasteiger charge is -2.04. The zero-order chi connectivity index (χ0) is 22.2. The first-order valence-corrected chi connectivity index (χ1v) is 9.88. The van der Waals surface area contributed by atoms with Crippen LogP contribution in [0.5, 0.6) is 5.75 Å². The molecule has 1 N–H and O–H groups in total. The highest BCUT2D eigenvalue weighted by Crippen LogP contribution is 2.22. The number of rotatable bonds is 7. The standard InChI is InChI=1S/C25H19N5O2/c26-15-19-11-13-23(14-12-19)32-18-24(31)28-27-16-21-17-30(22-9-5-2-6-10-22)29-25(21)20-7-3-1-4-8-20/h1-14,16-17H,18H2,(H,28,31)/b27-16+. The number of nitrogens with zero attached hydrogens (tertiary/aromatic N) is 4. The molecule has 0 spiro atoms. The molecule has 4 aromatic rings. The number of hydrazone groups is 1. The number of para-hydroxylation sites is 1. The van der Waals surface area contributed by atoms with Crippen LogP contribution in [0.3, 0.4) is 0 Å². The Balaban J connectivity index is 1.45. The number of carbonyl (C=O) groups excluding carboxylic acids is 1. The number of nitriles is 1. The van der Waals surface area contributed by atoms with Crippen LogP contribution >= 0.6 is 0 Å². The molecule has 7 heteroatoms. The average molecular weight is 421 g/mol. The van der Waals surface area contributed by atoms with Crippen LogP contribution in [0.4, 0.5) is 0 Å². The summed E-state index contributed by atoms with van der Waals surface area (Å²) >= 11 is 0. The van der Waals surface area contributed by atoms with Crippen molar-refractivity contribution in [2.24, 2.45) is 5.10 Å². The van der Waals surface area contributed by atoms with Crippen molar-refractivity contribution in [1.82, 2.24) is 15.2 Å². The van der Waals surface area contributed by atoms with Gasteiger partial charge in [0.05, 0.1) is 23.5 Å². The van der Waals surface area contributed by atoms with E-state index in [0.29, 0.717) is 11.3 Å². The quantitative estimate of drug-likeness (QED) is 0.361. The fraction of sp³-hybridized carbons (Fsp3) is 0.0400. The van der Waals surface area contributed by atoms with Crippen LogP contribution in [0.15, 0.2) is 96.2 Å². The van der Waals surface area contributed by atoms with E-state index in [2.05, 4.69) is 10.5 Å². The van der Waals surface area contributed by atoms with Gasteiger partial charge in [-0.3, -0.25) is 4.79 Å². The van der Waals surface area contributed by atoms with Gasteiger partial charge in [0.1, 0.15) is 11.4 Å². The lowest BCUT2D eigenvalue weighted by molar-refractivity contribution is -0.123. The van der Waals surface area contributed by atoms with Gasteiger partial charge < -0.3 is 4.74 Å². The zero-order valence-corrected chi connectivity index (χ0v) is 17.1. The topological polar surface area (TPSA) is 92.3 Å². The predicted octanol–water partition coefficient (Wildman–Crippen LogP) is 3.94. The first-order valence-electron chi connectivity index (χ1n) is 9.88. The Bertz CT molecular complexity index is 1260. The first-order chi connectivity index (χ1) is 15.7. The molecule has 156 valence electrons. The molecule has 1 heterocycles. The molecular formula is C25H19N5O2. The predicted molar refractivity (Wildman–Crippen MR) is 121 cm³/mol. The number of hydrogen-bond donors (Lipinski definition) is 1. The summed E-state index contributed by atoms with van der Waals surface area (Å²) < 4.78 is 7.19.